The van der Waals surface area contributed by atoms with Gasteiger partial charge in [-0.05, 0) is 52.7 Å². The SMILES string of the molecule is CC(=O)Nc1cccc(C(=O)Nc2cc(C)c(Br)cn2)c1. The Balaban J connectivity index is 2.16. The van der Waals surface area contributed by atoms with Gasteiger partial charge in [0.25, 0.3) is 5.91 Å². The van der Waals surface area contributed by atoms with Gasteiger partial charge in [-0.1, -0.05) is 6.07 Å². The average Bonchev–Trinajstić information content (AvgIpc) is 2.42. The van der Waals surface area contributed by atoms with Crippen LogP contribution in [0.25, 0.3) is 0 Å². The number of aromatic nitrogens is 1. The molecule has 0 spiro atoms. The Kier molecular flexibility index (Phi) is 4.70. The highest BCUT2D eigenvalue weighted by Gasteiger charge is 2.09. The van der Waals surface area contributed by atoms with Crippen LogP contribution < -0.4 is 10.6 Å². The molecule has 0 aliphatic carbocycles. The first-order valence-electron chi connectivity index (χ1n) is 6.27. The lowest BCUT2D eigenvalue weighted by molar-refractivity contribution is -0.114. The monoisotopic (exact) mass is 347 g/mol. The minimum absolute atomic E-state index is 0.183. The van der Waals surface area contributed by atoms with E-state index in [1.54, 1.807) is 36.5 Å². The minimum Gasteiger partial charge on any atom is -0.326 e. The Labute approximate surface area is 130 Å². The van der Waals surface area contributed by atoms with Crippen molar-refractivity contribution in [2.24, 2.45) is 0 Å². The van der Waals surface area contributed by atoms with Crippen LogP contribution in [-0.4, -0.2) is 16.8 Å². The molecule has 2 rings (SSSR count). The molecule has 0 saturated carbocycles. The molecular weight excluding hydrogens is 334 g/mol. The Morgan fingerprint density at radius 2 is 1.95 bits per heavy atom. The van der Waals surface area contributed by atoms with Crippen LogP contribution in [0.1, 0.15) is 22.8 Å². The number of nitrogens with one attached hydrogen (secondary N) is 2. The van der Waals surface area contributed by atoms with Gasteiger partial charge in [-0.3, -0.25) is 9.59 Å². The predicted octanol–water partition coefficient (Wildman–Crippen LogP) is 3.36. The number of amides is 2. The normalized spacial score (nSPS) is 10.0. The zero-order chi connectivity index (χ0) is 15.4. The number of pyridine rings is 1. The average molecular weight is 348 g/mol. The third kappa shape index (κ3) is 4.13. The number of halogens is 1. The highest BCUT2D eigenvalue weighted by atomic mass is 79.9. The van der Waals surface area contributed by atoms with E-state index in [4.69, 9.17) is 0 Å². The number of benzene rings is 1. The van der Waals surface area contributed by atoms with Crippen molar-refractivity contribution < 1.29 is 9.59 Å². The molecule has 2 amide bonds. The lowest BCUT2D eigenvalue weighted by Gasteiger charge is -2.08. The Morgan fingerprint density at radius 3 is 2.62 bits per heavy atom. The van der Waals surface area contributed by atoms with E-state index in [9.17, 15) is 9.59 Å². The molecule has 2 aromatic rings. The van der Waals surface area contributed by atoms with Crippen LogP contribution in [0.4, 0.5) is 11.5 Å². The second-order valence-corrected chi connectivity index (χ2v) is 5.39. The zero-order valence-electron chi connectivity index (χ0n) is 11.6. The Morgan fingerprint density at radius 1 is 1.19 bits per heavy atom. The van der Waals surface area contributed by atoms with Gasteiger partial charge in [-0.25, -0.2) is 4.98 Å². The van der Waals surface area contributed by atoms with Crippen molar-refractivity contribution >= 4 is 39.2 Å². The number of hydrogen-bond acceptors (Lipinski definition) is 3. The van der Waals surface area contributed by atoms with Crippen molar-refractivity contribution in [1.82, 2.24) is 4.98 Å². The van der Waals surface area contributed by atoms with E-state index in [-0.39, 0.29) is 11.8 Å². The van der Waals surface area contributed by atoms with Gasteiger partial charge in [0, 0.05) is 28.8 Å². The van der Waals surface area contributed by atoms with E-state index < -0.39 is 0 Å². The van der Waals surface area contributed by atoms with Crippen LogP contribution >= 0.6 is 15.9 Å². The zero-order valence-corrected chi connectivity index (χ0v) is 13.2. The highest BCUT2D eigenvalue weighted by Crippen LogP contribution is 2.18. The standard InChI is InChI=1S/C15H14BrN3O2/c1-9-6-14(17-8-13(9)16)19-15(21)11-4-3-5-12(7-11)18-10(2)20/h3-8H,1-2H3,(H,18,20)(H,17,19,21). The van der Waals surface area contributed by atoms with E-state index in [1.165, 1.54) is 6.92 Å². The summed E-state index contributed by atoms with van der Waals surface area (Å²) in [4.78, 5) is 27.3. The fraction of sp³-hybridized carbons (Fsp3) is 0.133. The van der Waals surface area contributed by atoms with E-state index in [1.807, 2.05) is 6.92 Å². The quantitative estimate of drug-likeness (QED) is 0.894. The first kappa shape index (κ1) is 15.2. The largest absolute Gasteiger partial charge is 0.326 e. The second kappa shape index (κ2) is 6.49. The number of carbonyl (C=O) groups is 2. The smallest absolute Gasteiger partial charge is 0.256 e. The van der Waals surface area contributed by atoms with Gasteiger partial charge in [0.2, 0.25) is 5.91 Å². The molecule has 1 heterocycles. The molecule has 0 bridgehead atoms. The third-order valence-electron chi connectivity index (χ3n) is 2.73. The molecule has 0 fully saturated rings. The van der Waals surface area contributed by atoms with Gasteiger partial charge in [0.05, 0.1) is 0 Å². The lowest BCUT2D eigenvalue weighted by atomic mass is 10.2. The molecule has 108 valence electrons. The number of carbonyl (C=O) groups excluding carboxylic acids is 2. The van der Waals surface area contributed by atoms with Crippen molar-refractivity contribution in [3.05, 3.63) is 52.1 Å². The number of anilines is 2. The summed E-state index contributed by atoms with van der Waals surface area (Å²) in [6.07, 6.45) is 1.64. The molecule has 0 saturated heterocycles. The van der Waals surface area contributed by atoms with E-state index in [2.05, 4.69) is 31.5 Å². The molecule has 5 nitrogen and oxygen atoms in total. The molecule has 0 aliphatic rings. The number of nitrogens with zero attached hydrogens (tertiary/aromatic N) is 1. The van der Waals surface area contributed by atoms with E-state index >= 15 is 0 Å². The maximum Gasteiger partial charge on any atom is 0.256 e. The third-order valence-corrected chi connectivity index (χ3v) is 3.56. The second-order valence-electron chi connectivity index (χ2n) is 4.53. The highest BCUT2D eigenvalue weighted by molar-refractivity contribution is 9.10. The summed E-state index contributed by atoms with van der Waals surface area (Å²) in [5.41, 5.74) is 2.01. The van der Waals surface area contributed by atoms with Gasteiger partial charge >= 0.3 is 0 Å². The fourth-order valence-electron chi connectivity index (χ4n) is 1.74. The van der Waals surface area contributed by atoms with Crippen LogP contribution in [0.3, 0.4) is 0 Å². The molecule has 21 heavy (non-hydrogen) atoms. The van der Waals surface area contributed by atoms with Crippen molar-refractivity contribution in [3.63, 3.8) is 0 Å². The lowest BCUT2D eigenvalue weighted by Crippen LogP contribution is -2.14. The Hall–Kier alpha value is -2.21. The van der Waals surface area contributed by atoms with Crippen molar-refractivity contribution in [2.45, 2.75) is 13.8 Å². The van der Waals surface area contributed by atoms with E-state index in [0.29, 0.717) is 17.1 Å². The predicted molar refractivity (Wildman–Crippen MR) is 85.4 cm³/mol. The summed E-state index contributed by atoms with van der Waals surface area (Å²) in [5, 5.41) is 5.36. The molecule has 0 unspecified atom stereocenters. The summed E-state index contributed by atoms with van der Waals surface area (Å²) >= 11 is 3.36. The van der Waals surface area contributed by atoms with Crippen molar-refractivity contribution in [2.75, 3.05) is 10.6 Å². The summed E-state index contributed by atoms with van der Waals surface area (Å²) in [6.45, 7) is 3.33. The topological polar surface area (TPSA) is 71.1 Å². The first-order chi connectivity index (χ1) is 9.95. The number of hydrogen-bond donors (Lipinski definition) is 2. The van der Waals surface area contributed by atoms with Gasteiger partial charge in [-0.15, -0.1) is 0 Å². The molecule has 1 aromatic carbocycles. The number of aryl methyl sites for hydroxylation is 1. The Bertz CT molecular complexity index is 701. The van der Waals surface area contributed by atoms with E-state index in [0.717, 1.165) is 10.0 Å². The summed E-state index contributed by atoms with van der Waals surface area (Å²) in [5.74, 6) is 0.0137. The van der Waals surface area contributed by atoms with Gasteiger partial charge < -0.3 is 10.6 Å². The maximum atomic E-state index is 12.2. The summed E-state index contributed by atoms with van der Waals surface area (Å²) in [7, 11) is 0. The number of rotatable bonds is 3. The first-order valence-corrected chi connectivity index (χ1v) is 7.06. The van der Waals surface area contributed by atoms with Crippen molar-refractivity contribution in [3.8, 4) is 0 Å². The van der Waals surface area contributed by atoms with Gasteiger partial charge in [-0.2, -0.15) is 0 Å². The summed E-state index contributed by atoms with van der Waals surface area (Å²) < 4.78 is 0.883. The molecule has 0 aliphatic heterocycles. The van der Waals surface area contributed by atoms with Crippen LogP contribution in [0.15, 0.2) is 41.0 Å². The molecule has 0 atom stereocenters. The fourth-order valence-corrected chi connectivity index (χ4v) is 1.95. The molecule has 0 radical (unpaired) electrons. The molecule has 2 N–H and O–H groups in total. The van der Waals surface area contributed by atoms with Gasteiger partial charge in [0.1, 0.15) is 5.82 Å². The molecule has 6 heteroatoms. The minimum atomic E-state index is -0.281. The van der Waals surface area contributed by atoms with Gasteiger partial charge in [0.15, 0.2) is 0 Å². The molecular formula is C15H14BrN3O2. The van der Waals surface area contributed by atoms with Crippen LogP contribution in [0, 0.1) is 6.92 Å². The molecule has 1 aromatic heterocycles. The van der Waals surface area contributed by atoms with Crippen LogP contribution in [-0.2, 0) is 4.79 Å². The van der Waals surface area contributed by atoms with Crippen molar-refractivity contribution in [1.29, 1.82) is 0 Å². The van der Waals surface area contributed by atoms with Crippen LogP contribution in [0.5, 0.6) is 0 Å². The van der Waals surface area contributed by atoms with Crippen LogP contribution in [0.2, 0.25) is 0 Å². The maximum absolute atomic E-state index is 12.2. The summed E-state index contributed by atoms with van der Waals surface area (Å²) in [6, 6.07) is 8.50.